The van der Waals surface area contributed by atoms with Gasteiger partial charge < -0.3 is 20.3 Å². The van der Waals surface area contributed by atoms with Crippen molar-refractivity contribution in [3.05, 3.63) is 23.5 Å². The molecule has 48 heavy (non-hydrogen) atoms. The number of aryl methyl sites for hydroxylation is 1. The molecule has 1 aromatic heterocycles. The SMILES string of the molecule is CC(C)CCCC(C)C1CCC2C3CC=C4C[C@@H](OC(=O)OCc5cn(CCCN)nn5)CC[C@]4(C)C3CC[C@]12C.O=C(O)C(F)(F)F. The van der Waals surface area contributed by atoms with E-state index in [-0.39, 0.29) is 18.1 Å². The van der Waals surface area contributed by atoms with Crippen molar-refractivity contribution < 1.29 is 37.3 Å². The quantitative estimate of drug-likeness (QED) is 0.176. The van der Waals surface area contributed by atoms with Gasteiger partial charge in [-0.25, -0.2) is 9.59 Å². The van der Waals surface area contributed by atoms with Crippen molar-refractivity contribution in [3.63, 3.8) is 0 Å². The molecule has 0 amide bonds. The Morgan fingerprint density at radius 2 is 1.81 bits per heavy atom. The number of alkyl halides is 3. The van der Waals surface area contributed by atoms with Gasteiger partial charge in [-0.05, 0) is 104 Å². The second-order valence-electron chi connectivity index (χ2n) is 15.7. The molecule has 1 heterocycles. The van der Waals surface area contributed by atoms with Crippen LogP contribution in [0.25, 0.3) is 0 Å². The van der Waals surface area contributed by atoms with Crippen LogP contribution < -0.4 is 5.73 Å². The first-order chi connectivity index (χ1) is 22.6. The van der Waals surface area contributed by atoms with E-state index in [1.807, 2.05) is 0 Å². The molecule has 0 saturated heterocycles. The number of halogens is 3. The molecule has 3 N–H and O–H groups in total. The number of carboxylic acids is 1. The molecule has 3 fully saturated rings. The first kappa shape index (κ1) is 38.2. The van der Waals surface area contributed by atoms with Crippen molar-refractivity contribution >= 4 is 12.1 Å². The third-order valence-electron chi connectivity index (χ3n) is 12.3. The Morgan fingerprint density at radius 1 is 1.08 bits per heavy atom. The Balaban J connectivity index is 0.000000671. The fourth-order valence-electron chi connectivity index (χ4n) is 9.82. The van der Waals surface area contributed by atoms with Gasteiger partial charge in [-0.1, -0.05) is 70.7 Å². The number of fused-ring (bicyclic) bond motifs is 5. The fraction of sp³-hybridized carbons (Fsp3) is 0.833. The van der Waals surface area contributed by atoms with E-state index in [0.29, 0.717) is 24.2 Å². The van der Waals surface area contributed by atoms with E-state index in [4.69, 9.17) is 25.1 Å². The summed E-state index contributed by atoms with van der Waals surface area (Å²) in [5.41, 5.74) is 8.48. The number of ether oxygens (including phenoxy) is 2. The van der Waals surface area contributed by atoms with Crippen molar-refractivity contribution in [2.45, 2.75) is 137 Å². The minimum Gasteiger partial charge on any atom is -0.475 e. The van der Waals surface area contributed by atoms with Crippen LogP contribution in [0.2, 0.25) is 0 Å². The zero-order chi connectivity index (χ0) is 35.3. The van der Waals surface area contributed by atoms with E-state index in [9.17, 15) is 18.0 Å². The number of hydrogen-bond acceptors (Lipinski definition) is 7. The molecule has 4 aliphatic rings. The summed E-state index contributed by atoms with van der Waals surface area (Å²) in [5.74, 6) is 2.25. The van der Waals surface area contributed by atoms with Crippen molar-refractivity contribution in [3.8, 4) is 0 Å². The van der Waals surface area contributed by atoms with E-state index in [2.05, 4.69) is 51.0 Å². The van der Waals surface area contributed by atoms with E-state index in [0.717, 1.165) is 61.2 Å². The van der Waals surface area contributed by atoms with Crippen LogP contribution >= 0.6 is 0 Å². The largest absolute Gasteiger partial charge is 0.508 e. The van der Waals surface area contributed by atoms with Crippen molar-refractivity contribution in [2.24, 2.45) is 52.1 Å². The Morgan fingerprint density at radius 3 is 2.48 bits per heavy atom. The number of nitrogens with two attached hydrogens (primary N) is 1. The highest BCUT2D eigenvalue weighted by Crippen LogP contribution is 2.67. The maximum absolute atomic E-state index is 12.5. The third kappa shape index (κ3) is 8.93. The summed E-state index contributed by atoms with van der Waals surface area (Å²) >= 11 is 0. The topological polar surface area (TPSA) is 130 Å². The highest BCUT2D eigenvalue weighted by molar-refractivity contribution is 5.73. The van der Waals surface area contributed by atoms with Crippen LogP contribution in [0.1, 0.15) is 117 Å². The molecule has 5 unspecified atom stereocenters. The Hall–Kier alpha value is -2.63. The summed E-state index contributed by atoms with van der Waals surface area (Å²) < 4.78 is 44.7. The van der Waals surface area contributed by atoms with Crippen LogP contribution in [-0.2, 0) is 27.4 Å². The smallest absolute Gasteiger partial charge is 0.475 e. The molecule has 0 aromatic carbocycles. The number of carbonyl (C=O) groups is 2. The third-order valence-corrected chi connectivity index (χ3v) is 12.3. The van der Waals surface area contributed by atoms with Crippen LogP contribution in [-0.4, -0.2) is 51.1 Å². The maximum Gasteiger partial charge on any atom is 0.508 e. The first-order valence-electron chi connectivity index (χ1n) is 18.0. The van der Waals surface area contributed by atoms with E-state index in [1.54, 1.807) is 10.9 Å². The van der Waals surface area contributed by atoms with Crippen LogP contribution in [0.15, 0.2) is 17.8 Å². The molecule has 12 heteroatoms. The summed E-state index contributed by atoms with van der Waals surface area (Å²) in [6.07, 6.45) is 13.3. The predicted molar refractivity (Wildman–Crippen MR) is 175 cm³/mol. The summed E-state index contributed by atoms with van der Waals surface area (Å²) in [4.78, 5) is 21.4. The van der Waals surface area contributed by atoms with Gasteiger partial charge in [-0.3, -0.25) is 4.68 Å². The highest BCUT2D eigenvalue weighted by atomic mass is 19.4. The second-order valence-corrected chi connectivity index (χ2v) is 15.7. The number of aliphatic carboxylic acids is 1. The molecule has 3 saturated carbocycles. The van der Waals surface area contributed by atoms with Gasteiger partial charge >= 0.3 is 18.3 Å². The number of rotatable bonds is 11. The Kier molecular flexibility index (Phi) is 12.7. The molecule has 8 atom stereocenters. The summed E-state index contributed by atoms with van der Waals surface area (Å²) in [5, 5.41) is 15.3. The standard InChI is InChI=1S/C34H56N4O3.C2HF3O2/c1-23(2)8-6-9-24(3)29-12-13-30-28-11-10-25-20-27(14-16-33(25,4)31(28)15-17-34(29,30)5)41-32(39)40-22-26-21-38(37-36-26)19-7-18-35;3-2(4,5)1(6)7/h10,21,23-24,27-31H,6-9,11-20,22,35H2,1-5H3;(H,6,7)/t24?,27-,28?,29?,30?,31?,33-,34+;/m0./s1. The van der Waals surface area contributed by atoms with Gasteiger partial charge in [0, 0.05) is 13.0 Å². The molecular formula is C36H57F3N4O5. The maximum atomic E-state index is 12.5. The average Bonchev–Trinajstić information content (AvgIpc) is 3.62. The van der Waals surface area contributed by atoms with Crippen LogP contribution in [0.4, 0.5) is 18.0 Å². The molecular weight excluding hydrogens is 625 g/mol. The van der Waals surface area contributed by atoms with Crippen molar-refractivity contribution in [2.75, 3.05) is 6.54 Å². The van der Waals surface area contributed by atoms with Crippen molar-refractivity contribution in [1.82, 2.24) is 15.0 Å². The molecule has 4 aliphatic carbocycles. The van der Waals surface area contributed by atoms with Gasteiger partial charge in [0.05, 0.1) is 6.20 Å². The lowest BCUT2D eigenvalue weighted by atomic mass is 9.47. The monoisotopic (exact) mass is 682 g/mol. The lowest BCUT2D eigenvalue weighted by Crippen LogP contribution is -2.51. The number of nitrogens with zero attached hydrogens (tertiary/aromatic N) is 3. The van der Waals surface area contributed by atoms with Gasteiger partial charge in [0.25, 0.3) is 0 Å². The zero-order valence-electron chi connectivity index (χ0n) is 29.4. The minimum absolute atomic E-state index is 0.0792. The number of allylic oxidation sites excluding steroid dienone is 1. The van der Waals surface area contributed by atoms with Gasteiger partial charge in [0.2, 0.25) is 0 Å². The van der Waals surface area contributed by atoms with Gasteiger partial charge in [-0.15, -0.1) is 5.10 Å². The van der Waals surface area contributed by atoms with E-state index >= 15 is 0 Å². The van der Waals surface area contributed by atoms with E-state index < -0.39 is 18.3 Å². The Labute approximate surface area is 283 Å². The highest BCUT2D eigenvalue weighted by Gasteiger charge is 2.59. The normalized spacial score (nSPS) is 31.8. The minimum atomic E-state index is -5.08. The summed E-state index contributed by atoms with van der Waals surface area (Å²) in [6.45, 7) is 13.9. The average molecular weight is 683 g/mol. The molecule has 0 aliphatic heterocycles. The molecule has 1 aromatic rings. The van der Waals surface area contributed by atoms with Crippen LogP contribution in [0, 0.1) is 46.3 Å². The summed E-state index contributed by atoms with van der Waals surface area (Å²) in [6, 6.07) is 0. The second kappa shape index (κ2) is 15.9. The Bertz CT molecular complexity index is 1270. The number of carboxylic acid groups (broad SMARTS) is 1. The van der Waals surface area contributed by atoms with Gasteiger partial charge in [0.15, 0.2) is 0 Å². The van der Waals surface area contributed by atoms with E-state index in [1.165, 1.54) is 56.9 Å². The number of aromatic nitrogens is 3. The lowest BCUT2D eigenvalue weighted by molar-refractivity contribution is -0.192. The molecule has 0 bridgehead atoms. The molecule has 0 spiro atoms. The molecule has 272 valence electrons. The molecule has 5 rings (SSSR count). The van der Waals surface area contributed by atoms with Crippen molar-refractivity contribution in [1.29, 1.82) is 0 Å². The van der Waals surface area contributed by atoms with Gasteiger partial charge in [-0.2, -0.15) is 13.2 Å². The fourth-order valence-corrected chi connectivity index (χ4v) is 9.82. The van der Waals surface area contributed by atoms with Crippen LogP contribution in [0.3, 0.4) is 0 Å². The number of hydrogen-bond donors (Lipinski definition) is 2. The summed E-state index contributed by atoms with van der Waals surface area (Å²) in [7, 11) is 0. The zero-order valence-corrected chi connectivity index (χ0v) is 29.4. The van der Waals surface area contributed by atoms with Crippen LogP contribution in [0.5, 0.6) is 0 Å². The molecule has 0 radical (unpaired) electrons. The molecule has 9 nitrogen and oxygen atoms in total. The predicted octanol–water partition coefficient (Wildman–Crippen LogP) is 8.32. The lowest BCUT2D eigenvalue weighted by Gasteiger charge is -2.58. The first-order valence-corrected chi connectivity index (χ1v) is 18.0. The number of carbonyl (C=O) groups excluding carboxylic acids is 1. The van der Waals surface area contributed by atoms with Gasteiger partial charge in [0.1, 0.15) is 18.4 Å².